The minimum absolute atomic E-state index is 0.0578. The molecule has 4 rings (SSSR count). The molecule has 0 unspecified atom stereocenters. The topological polar surface area (TPSA) is 127 Å². The van der Waals surface area contributed by atoms with E-state index in [0.717, 1.165) is 0 Å². The number of amides is 1. The molecule has 1 amide bonds. The maximum Gasteiger partial charge on any atom is 0.510 e. The van der Waals surface area contributed by atoms with E-state index in [4.69, 9.17) is 25.4 Å². The van der Waals surface area contributed by atoms with Gasteiger partial charge in [-0.1, -0.05) is 22.6 Å². The molecule has 4 heterocycles. The third-order valence-electron chi connectivity index (χ3n) is 4.56. The van der Waals surface area contributed by atoms with Gasteiger partial charge in [-0.25, -0.2) is 28.9 Å². The number of carbonyl (C=O) groups excluding carboxylic acids is 2. The molecule has 2 aliphatic heterocycles. The first-order valence-electron chi connectivity index (χ1n) is 9.00. The zero-order chi connectivity index (χ0) is 22.6. The Balaban J connectivity index is 1.75. The van der Waals surface area contributed by atoms with Crippen molar-refractivity contribution in [2.75, 3.05) is 9.74 Å². The molecule has 0 aromatic carbocycles. The molecule has 0 saturated carbocycles. The first-order chi connectivity index (χ1) is 14.5. The van der Waals surface area contributed by atoms with E-state index in [1.165, 1.54) is 17.2 Å². The van der Waals surface area contributed by atoms with Gasteiger partial charge in [0.05, 0.1) is 10.8 Å². The van der Waals surface area contributed by atoms with Crippen LogP contribution in [-0.2, 0) is 18.9 Å². The van der Waals surface area contributed by atoms with Gasteiger partial charge in [0.1, 0.15) is 11.9 Å². The lowest BCUT2D eigenvalue weighted by Gasteiger charge is -2.24. The first-order valence-corrected chi connectivity index (χ1v) is 10.5. The average Bonchev–Trinajstić information content (AvgIpc) is 3.32. The zero-order valence-corrected chi connectivity index (χ0v) is 18.7. The smallest absolute Gasteiger partial charge is 0.444 e. The number of ether oxygens (including phenoxy) is 4. The van der Waals surface area contributed by atoms with E-state index in [-0.39, 0.29) is 21.4 Å². The second-order valence-corrected chi connectivity index (χ2v) is 8.61. The van der Waals surface area contributed by atoms with Crippen molar-refractivity contribution in [3.05, 3.63) is 12.7 Å². The lowest BCUT2D eigenvalue weighted by molar-refractivity contribution is -0.175. The fourth-order valence-electron chi connectivity index (χ4n) is 3.38. The predicted molar refractivity (Wildman–Crippen MR) is 111 cm³/mol. The fourth-order valence-corrected chi connectivity index (χ4v) is 3.96. The summed E-state index contributed by atoms with van der Waals surface area (Å²) in [4.78, 5) is 36.3. The van der Waals surface area contributed by atoms with E-state index in [1.807, 2.05) is 0 Å². The van der Waals surface area contributed by atoms with Gasteiger partial charge < -0.3 is 18.9 Å². The summed E-state index contributed by atoms with van der Waals surface area (Å²) in [7, 11) is 0. The van der Waals surface area contributed by atoms with Crippen LogP contribution in [0.15, 0.2) is 12.7 Å². The molecule has 2 saturated heterocycles. The highest BCUT2D eigenvalue weighted by Crippen LogP contribution is 2.53. The number of terminal acetylenes is 1. The third-order valence-corrected chi connectivity index (χ3v) is 5.60. The molecule has 2 aromatic rings. The van der Waals surface area contributed by atoms with Gasteiger partial charge in [-0.3, -0.25) is 9.88 Å². The molecule has 11 nitrogen and oxygen atoms in total. The molecule has 2 aliphatic rings. The van der Waals surface area contributed by atoms with Crippen molar-refractivity contribution in [1.82, 2.24) is 19.5 Å². The van der Waals surface area contributed by atoms with E-state index in [9.17, 15) is 9.59 Å². The van der Waals surface area contributed by atoms with Crippen LogP contribution in [0, 0.1) is 12.3 Å². The molecule has 13 heteroatoms. The molecule has 4 atom stereocenters. The van der Waals surface area contributed by atoms with Crippen LogP contribution in [0.1, 0.15) is 27.0 Å². The van der Waals surface area contributed by atoms with Crippen molar-refractivity contribution >= 4 is 51.8 Å². The molecule has 0 spiro atoms. The van der Waals surface area contributed by atoms with Crippen LogP contribution in [0.3, 0.4) is 0 Å². The lowest BCUT2D eigenvalue weighted by atomic mass is 9.94. The third kappa shape index (κ3) is 3.43. The van der Waals surface area contributed by atoms with Gasteiger partial charge in [-0.15, -0.1) is 6.42 Å². The van der Waals surface area contributed by atoms with E-state index in [2.05, 4.69) is 26.2 Å². The molecule has 2 fully saturated rings. The number of imidazole rings is 1. The van der Waals surface area contributed by atoms with E-state index < -0.39 is 41.6 Å². The highest BCUT2D eigenvalue weighted by atomic mass is 127. The van der Waals surface area contributed by atoms with Crippen LogP contribution < -0.4 is 5.32 Å². The van der Waals surface area contributed by atoms with Gasteiger partial charge in [0.2, 0.25) is 6.10 Å². The zero-order valence-electron chi connectivity index (χ0n) is 16.6. The van der Waals surface area contributed by atoms with E-state index in [1.54, 1.807) is 43.4 Å². The molecule has 31 heavy (non-hydrogen) atoms. The predicted octanol–water partition coefficient (Wildman–Crippen LogP) is 2.71. The van der Waals surface area contributed by atoms with Crippen molar-refractivity contribution in [1.29, 1.82) is 0 Å². The van der Waals surface area contributed by atoms with Crippen LogP contribution in [0.2, 0.25) is 0 Å². The maximum absolute atomic E-state index is 15.4. The number of fused-ring (bicyclic) bond motifs is 2. The molecule has 0 bridgehead atoms. The van der Waals surface area contributed by atoms with Gasteiger partial charge in [-0.2, -0.15) is 0 Å². The number of rotatable bonds is 3. The Morgan fingerprint density at radius 3 is 2.84 bits per heavy atom. The minimum Gasteiger partial charge on any atom is -0.444 e. The SMILES string of the molecule is C#C[C@@]12OC(=O)O[C@@H]1[C@@](F)(CI)O[C@H]2n1cnc2c(NC(=O)OC(C)(C)C)ncnc21. The molecule has 0 aliphatic carbocycles. The summed E-state index contributed by atoms with van der Waals surface area (Å²) >= 11 is 1.76. The van der Waals surface area contributed by atoms with Crippen LogP contribution >= 0.6 is 22.6 Å². The summed E-state index contributed by atoms with van der Waals surface area (Å²) in [6, 6.07) is 0. The maximum atomic E-state index is 15.4. The normalized spacial score (nSPS) is 29.7. The summed E-state index contributed by atoms with van der Waals surface area (Å²) < 4.78 is 37.6. The number of aromatic nitrogens is 4. The van der Waals surface area contributed by atoms with Gasteiger partial charge >= 0.3 is 12.2 Å². The standard InChI is InChI=1S/C18H17FIN5O6/c1-5-17-12(28-15(27)31-17)18(19,6-20)29-13(17)25-8-23-9-10(21-7-22-11(9)25)24-14(26)30-16(2,3)4/h1,7-8,12-13H,6H2,2-4H3,(H,21,22,24,26)/t12-,13+,17+,18+/m0/s1. The Bertz CT molecular complexity index is 1110. The second-order valence-electron chi connectivity index (χ2n) is 7.85. The summed E-state index contributed by atoms with van der Waals surface area (Å²) in [5.41, 5.74) is -2.29. The number of alkyl halides is 2. The Morgan fingerprint density at radius 2 is 2.19 bits per heavy atom. The minimum atomic E-state index is -2.40. The van der Waals surface area contributed by atoms with Crippen LogP contribution in [0.4, 0.5) is 19.8 Å². The lowest BCUT2D eigenvalue weighted by Crippen LogP contribution is -2.46. The number of halogens is 2. The molecule has 1 N–H and O–H groups in total. The summed E-state index contributed by atoms with van der Waals surface area (Å²) in [5.74, 6) is -0.0233. The quantitative estimate of drug-likeness (QED) is 0.268. The number of nitrogens with one attached hydrogen (secondary N) is 1. The van der Waals surface area contributed by atoms with Gasteiger partial charge in [0.15, 0.2) is 23.2 Å². The monoisotopic (exact) mass is 545 g/mol. The molecule has 2 aromatic heterocycles. The van der Waals surface area contributed by atoms with E-state index >= 15 is 4.39 Å². The first kappa shape index (κ1) is 21.5. The van der Waals surface area contributed by atoms with E-state index in [0.29, 0.717) is 0 Å². The number of carbonyl (C=O) groups is 2. The fraction of sp³-hybridized carbons (Fsp3) is 0.500. The van der Waals surface area contributed by atoms with Crippen molar-refractivity contribution in [3.63, 3.8) is 0 Å². The second kappa shape index (κ2) is 7.16. The summed E-state index contributed by atoms with van der Waals surface area (Å²) in [5, 5.41) is 2.50. The van der Waals surface area contributed by atoms with Crippen LogP contribution in [-0.4, -0.2) is 59.4 Å². The highest BCUT2D eigenvalue weighted by molar-refractivity contribution is 14.1. The number of nitrogens with zero attached hydrogens (tertiary/aromatic N) is 4. The average molecular weight is 545 g/mol. The molecular weight excluding hydrogens is 528 g/mol. The van der Waals surface area contributed by atoms with Crippen molar-refractivity contribution in [3.8, 4) is 12.3 Å². The van der Waals surface area contributed by atoms with Gasteiger partial charge in [0, 0.05) is 0 Å². The van der Waals surface area contributed by atoms with Crippen molar-refractivity contribution in [2.24, 2.45) is 0 Å². The summed E-state index contributed by atoms with van der Waals surface area (Å²) in [6.07, 6.45) is 3.42. The Kier molecular flexibility index (Phi) is 4.97. The molecule has 164 valence electrons. The number of hydrogen-bond donors (Lipinski definition) is 1. The number of anilines is 1. The van der Waals surface area contributed by atoms with Crippen molar-refractivity contribution < 1.29 is 32.9 Å². The highest BCUT2D eigenvalue weighted by Gasteiger charge is 2.73. The molecular formula is C18H17FIN5O6. The van der Waals surface area contributed by atoms with Crippen LogP contribution in [0.25, 0.3) is 11.2 Å². The summed E-state index contributed by atoms with van der Waals surface area (Å²) in [6.45, 7) is 5.14. The van der Waals surface area contributed by atoms with Gasteiger partial charge in [-0.05, 0) is 26.7 Å². The van der Waals surface area contributed by atoms with Crippen molar-refractivity contribution in [2.45, 2.75) is 50.2 Å². The largest absolute Gasteiger partial charge is 0.510 e. The Labute approximate surface area is 189 Å². The molecule has 0 radical (unpaired) electrons. The van der Waals surface area contributed by atoms with Gasteiger partial charge in [0.25, 0.3) is 11.5 Å². The number of hydrogen-bond acceptors (Lipinski definition) is 9. The Hall–Kier alpha value is -2.73. The Morgan fingerprint density at radius 1 is 1.45 bits per heavy atom. The van der Waals surface area contributed by atoms with Crippen LogP contribution in [0.5, 0.6) is 0 Å².